The summed E-state index contributed by atoms with van der Waals surface area (Å²) in [6.45, 7) is 1.12. The molecular formula is C23H19ClF3NO4. The fourth-order valence-corrected chi connectivity index (χ4v) is 4.41. The number of ketones is 1. The molecule has 0 unspecified atom stereocenters. The number of carbonyl (C=O) groups is 2. The third kappa shape index (κ3) is 3.50. The number of nitrogens with zero attached hydrogens (tertiary/aromatic N) is 1. The number of ether oxygens (including phenoxy) is 2. The lowest BCUT2D eigenvalue weighted by Gasteiger charge is -2.32. The first kappa shape index (κ1) is 21.4. The Morgan fingerprint density at radius 3 is 2.50 bits per heavy atom. The van der Waals surface area contributed by atoms with E-state index in [0.717, 1.165) is 25.0 Å². The van der Waals surface area contributed by atoms with Crippen molar-refractivity contribution in [2.75, 3.05) is 24.7 Å². The average Bonchev–Trinajstić information content (AvgIpc) is 3.57. The van der Waals surface area contributed by atoms with Gasteiger partial charge in [-0.1, -0.05) is 11.6 Å². The Morgan fingerprint density at radius 1 is 1.12 bits per heavy atom. The number of alkyl halides is 3. The molecule has 0 atom stereocenters. The Labute approximate surface area is 187 Å². The summed E-state index contributed by atoms with van der Waals surface area (Å²) in [4.78, 5) is 28.0. The van der Waals surface area contributed by atoms with Gasteiger partial charge >= 0.3 is 6.18 Å². The molecule has 2 aromatic rings. The lowest BCUT2D eigenvalue weighted by atomic mass is 9.95. The molecule has 1 saturated heterocycles. The molecule has 1 spiro atoms. The fraction of sp³-hybridized carbons (Fsp3) is 0.391. The van der Waals surface area contributed by atoms with Crippen LogP contribution < -0.4 is 4.90 Å². The van der Waals surface area contributed by atoms with E-state index in [1.54, 1.807) is 11.0 Å². The van der Waals surface area contributed by atoms with Gasteiger partial charge in [0.15, 0.2) is 5.78 Å². The molecule has 1 amide bonds. The Kier molecular flexibility index (Phi) is 5.07. The summed E-state index contributed by atoms with van der Waals surface area (Å²) in [6, 6.07) is 7.48. The first-order valence-electron chi connectivity index (χ1n) is 10.4. The SMILES string of the molecule is O=C(c1ccc2c(c1)C1(OCCCO1)C(=O)N2CC1CC1)c1ccc(Cl)cc1C(F)(F)F. The van der Waals surface area contributed by atoms with Crippen LogP contribution in [-0.4, -0.2) is 31.4 Å². The number of halogens is 4. The number of hydrogen-bond acceptors (Lipinski definition) is 4. The predicted molar refractivity (Wildman–Crippen MR) is 110 cm³/mol. The van der Waals surface area contributed by atoms with Crippen molar-refractivity contribution in [3.05, 3.63) is 63.7 Å². The van der Waals surface area contributed by atoms with Gasteiger partial charge in [0.2, 0.25) is 0 Å². The maximum absolute atomic E-state index is 13.5. The molecule has 0 aromatic heterocycles. The van der Waals surface area contributed by atoms with E-state index in [2.05, 4.69) is 0 Å². The van der Waals surface area contributed by atoms with E-state index in [9.17, 15) is 22.8 Å². The Bertz CT molecular complexity index is 1110. The number of hydrogen-bond donors (Lipinski definition) is 0. The van der Waals surface area contributed by atoms with Crippen LogP contribution in [0.2, 0.25) is 5.02 Å². The molecule has 0 radical (unpaired) electrons. The highest BCUT2D eigenvalue weighted by Gasteiger charge is 2.55. The molecule has 1 saturated carbocycles. The number of benzene rings is 2. The zero-order chi connectivity index (χ0) is 22.7. The van der Waals surface area contributed by atoms with E-state index in [-0.39, 0.29) is 16.5 Å². The standard InChI is InChI=1S/C23H19ClF3NO4/c24-15-5-6-16(17(11-15)23(25,26)27)20(29)14-4-7-19-18(10-14)22(31-8-1-9-32-22)21(30)28(19)12-13-2-3-13/h4-7,10-11,13H,1-3,8-9,12H2. The Balaban J connectivity index is 1.59. The third-order valence-corrected chi connectivity index (χ3v) is 6.23. The van der Waals surface area contributed by atoms with Crippen molar-refractivity contribution in [2.45, 2.75) is 31.2 Å². The number of anilines is 1. The molecule has 3 aliphatic rings. The van der Waals surface area contributed by atoms with Gasteiger partial charge < -0.3 is 14.4 Å². The number of amides is 1. The summed E-state index contributed by atoms with van der Waals surface area (Å²) in [7, 11) is 0. The van der Waals surface area contributed by atoms with Crippen molar-refractivity contribution in [3.63, 3.8) is 0 Å². The zero-order valence-electron chi connectivity index (χ0n) is 16.9. The fourth-order valence-electron chi connectivity index (χ4n) is 4.23. The monoisotopic (exact) mass is 465 g/mol. The molecule has 2 heterocycles. The van der Waals surface area contributed by atoms with Crippen LogP contribution in [0.15, 0.2) is 36.4 Å². The van der Waals surface area contributed by atoms with Crippen LogP contribution in [0.4, 0.5) is 18.9 Å². The van der Waals surface area contributed by atoms with Crippen LogP contribution >= 0.6 is 11.6 Å². The second kappa shape index (κ2) is 7.57. The first-order valence-corrected chi connectivity index (χ1v) is 10.7. The molecule has 0 bridgehead atoms. The average molecular weight is 466 g/mol. The van der Waals surface area contributed by atoms with Gasteiger partial charge in [-0.2, -0.15) is 13.2 Å². The van der Waals surface area contributed by atoms with E-state index in [1.165, 1.54) is 18.2 Å². The lowest BCUT2D eigenvalue weighted by molar-refractivity contribution is -0.256. The largest absolute Gasteiger partial charge is 0.417 e. The quantitative estimate of drug-likeness (QED) is 0.600. The summed E-state index contributed by atoms with van der Waals surface area (Å²) in [5.41, 5.74) is -0.694. The maximum atomic E-state index is 13.5. The van der Waals surface area contributed by atoms with Crippen molar-refractivity contribution in [1.29, 1.82) is 0 Å². The van der Waals surface area contributed by atoms with E-state index >= 15 is 0 Å². The third-order valence-electron chi connectivity index (χ3n) is 6.00. The molecule has 2 fully saturated rings. The van der Waals surface area contributed by atoms with Gasteiger partial charge in [-0.3, -0.25) is 9.59 Å². The van der Waals surface area contributed by atoms with Crippen LogP contribution in [0, 0.1) is 5.92 Å². The molecule has 1 aliphatic carbocycles. The van der Waals surface area contributed by atoms with Gasteiger partial charge in [0.1, 0.15) is 0 Å². The van der Waals surface area contributed by atoms with E-state index in [4.69, 9.17) is 21.1 Å². The van der Waals surface area contributed by atoms with Crippen LogP contribution in [0.3, 0.4) is 0 Å². The molecule has 2 aromatic carbocycles. The number of rotatable bonds is 4. The summed E-state index contributed by atoms with van der Waals surface area (Å²) in [6.07, 6.45) is -2.08. The second-order valence-electron chi connectivity index (χ2n) is 8.27. The summed E-state index contributed by atoms with van der Waals surface area (Å²) >= 11 is 5.74. The van der Waals surface area contributed by atoms with E-state index in [0.29, 0.717) is 43.3 Å². The van der Waals surface area contributed by atoms with E-state index < -0.39 is 28.9 Å². The molecule has 5 rings (SSSR count). The molecule has 5 nitrogen and oxygen atoms in total. The molecular weight excluding hydrogens is 447 g/mol. The second-order valence-corrected chi connectivity index (χ2v) is 8.71. The predicted octanol–water partition coefficient (Wildman–Crippen LogP) is 4.94. The lowest BCUT2D eigenvalue weighted by Crippen LogP contribution is -2.47. The van der Waals surface area contributed by atoms with Gasteiger partial charge in [0.05, 0.1) is 24.5 Å². The molecule has 168 valence electrons. The van der Waals surface area contributed by atoms with Gasteiger partial charge in [-0.25, -0.2) is 0 Å². The first-order chi connectivity index (χ1) is 15.2. The molecule has 32 heavy (non-hydrogen) atoms. The highest BCUT2D eigenvalue weighted by molar-refractivity contribution is 6.30. The number of carbonyl (C=O) groups excluding carboxylic acids is 2. The van der Waals surface area contributed by atoms with Crippen molar-refractivity contribution >= 4 is 29.0 Å². The summed E-state index contributed by atoms with van der Waals surface area (Å²) in [5, 5.41) is -0.118. The minimum atomic E-state index is -4.75. The van der Waals surface area contributed by atoms with Crippen molar-refractivity contribution in [3.8, 4) is 0 Å². The highest BCUT2D eigenvalue weighted by atomic mass is 35.5. The maximum Gasteiger partial charge on any atom is 0.417 e. The summed E-state index contributed by atoms with van der Waals surface area (Å²) < 4.78 is 52.2. The highest BCUT2D eigenvalue weighted by Crippen LogP contribution is 2.47. The summed E-state index contributed by atoms with van der Waals surface area (Å²) in [5.74, 6) is -2.44. The Morgan fingerprint density at radius 2 is 1.84 bits per heavy atom. The molecule has 2 aliphatic heterocycles. The molecule has 9 heteroatoms. The van der Waals surface area contributed by atoms with Crippen LogP contribution in [-0.2, 0) is 26.2 Å². The van der Waals surface area contributed by atoms with Crippen molar-refractivity contribution in [2.24, 2.45) is 5.92 Å². The zero-order valence-corrected chi connectivity index (χ0v) is 17.6. The van der Waals surface area contributed by atoms with Crippen LogP contribution in [0.5, 0.6) is 0 Å². The minimum absolute atomic E-state index is 0.00907. The van der Waals surface area contributed by atoms with Gasteiger partial charge in [-0.15, -0.1) is 0 Å². The van der Waals surface area contributed by atoms with Gasteiger partial charge in [0, 0.05) is 28.3 Å². The molecule has 0 N–H and O–H groups in total. The topological polar surface area (TPSA) is 55.8 Å². The van der Waals surface area contributed by atoms with Crippen molar-refractivity contribution < 1.29 is 32.2 Å². The smallest absolute Gasteiger partial charge is 0.338 e. The van der Waals surface area contributed by atoms with Crippen LogP contribution in [0.25, 0.3) is 0 Å². The van der Waals surface area contributed by atoms with Crippen LogP contribution in [0.1, 0.15) is 46.3 Å². The van der Waals surface area contributed by atoms with E-state index in [1.807, 2.05) is 0 Å². The Hall–Kier alpha value is -2.42. The minimum Gasteiger partial charge on any atom is -0.338 e. The van der Waals surface area contributed by atoms with Gasteiger partial charge in [0.25, 0.3) is 11.7 Å². The van der Waals surface area contributed by atoms with Crippen molar-refractivity contribution in [1.82, 2.24) is 0 Å². The van der Waals surface area contributed by atoms with Gasteiger partial charge in [-0.05, 0) is 61.6 Å². The normalized spacial score (nSPS) is 20.0. The number of fused-ring (bicyclic) bond motifs is 2.